The van der Waals surface area contributed by atoms with Crippen LogP contribution in [0.2, 0.25) is 0 Å². The van der Waals surface area contributed by atoms with Crippen molar-refractivity contribution in [3.05, 3.63) is 24.3 Å². The SMILES string of the molecule is CCCCCCCCCCCCCCCCCCCCC(=O)OC[C@@H](O)COC(=O)CCC/C=C/C[C@@H]1[C@@H](/C=C/[C@@H](O)CCCCC)[C@H](O)C[C@@H]1O. The number of esters is 2. The Kier molecular flexibility index (Phi) is 31.4. The van der Waals surface area contributed by atoms with E-state index in [0.29, 0.717) is 38.5 Å². The summed E-state index contributed by atoms with van der Waals surface area (Å²) >= 11 is 0. The van der Waals surface area contributed by atoms with Gasteiger partial charge in [-0.1, -0.05) is 167 Å². The monoisotopic (exact) mass is 737 g/mol. The number of hydrogen-bond donors (Lipinski definition) is 4. The van der Waals surface area contributed by atoms with Crippen molar-refractivity contribution >= 4 is 11.9 Å². The van der Waals surface area contributed by atoms with E-state index in [0.717, 1.165) is 38.5 Å². The standard InChI is InChI=1S/C44H80O8/c1-3-5-7-8-9-10-11-12-13-14-15-16-17-18-19-20-21-26-30-43(49)51-35-38(46)36-52-44(50)31-27-23-22-25-29-39-40(42(48)34-41(39)47)33-32-37(45)28-24-6-4-2/h22,25,32-33,37-42,45-48H,3-21,23-24,26-31,34-36H2,1-2H3/b25-22+,33-32+/t37-,38+,39+,40+,41-,42+/m0/s1. The highest BCUT2D eigenvalue weighted by Crippen LogP contribution is 2.36. The lowest BCUT2D eigenvalue weighted by molar-refractivity contribution is -0.152. The van der Waals surface area contributed by atoms with Crippen LogP contribution >= 0.6 is 0 Å². The molecule has 0 aromatic rings. The third-order valence-corrected chi connectivity index (χ3v) is 10.5. The smallest absolute Gasteiger partial charge is 0.305 e. The Labute approximate surface area is 318 Å². The molecule has 0 aromatic carbocycles. The van der Waals surface area contributed by atoms with E-state index in [2.05, 4.69) is 13.8 Å². The first-order chi connectivity index (χ1) is 25.3. The van der Waals surface area contributed by atoms with Crippen LogP contribution in [0.3, 0.4) is 0 Å². The first-order valence-electron chi connectivity index (χ1n) is 21.6. The third kappa shape index (κ3) is 26.9. The van der Waals surface area contributed by atoms with Crippen LogP contribution in [0.25, 0.3) is 0 Å². The number of unbranched alkanes of at least 4 members (excludes halogenated alkanes) is 20. The predicted octanol–water partition coefficient (Wildman–Crippen LogP) is 9.84. The van der Waals surface area contributed by atoms with Crippen LogP contribution in [0.15, 0.2) is 24.3 Å². The molecule has 1 aliphatic carbocycles. The molecule has 0 unspecified atom stereocenters. The maximum atomic E-state index is 12.1. The van der Waals surface area contributed by atoms with Gasteiger partial charge in [-0.2, -0.15) is 0 Å². The molecule has 0 spiro atoms. The molecule has 1 fully saturated rings. The molecule has 0 radical (unpaired) electrons. The Balaban J connectivity index is 1.99. The molecule has 8 nitrogen and oxygen atoms in total. The van der Waals surface area contributed by atoms with Gasteiger partial charge in [-0.15, -0.1) is 0 Å². The highest BCUT2D eigenvalue weighted by atomic mass is 16.6. The van der Waals surface area contributed by atoms with Crippen LogP contribution in [0.1, 0.15) is 194 Å². The first-order valence-corrected chi connectivity index (χ1v) is 21.6. The molecule has 0 aliphatic heterocycles. The molecule has 0 amide bonds. The second kappa shape index (κ2) is 33.8. The van der Waals surface area contributed by atoms with Gasteiger partial charge in [0.25, 0.3) is 0 Å². The first kappa shape index (κ1) is 48.3. The molecule has 4 N–H and O–H groups in total. The van der Waals surface area contributed by atoms with Gasteiger partial charge in [0.15, 0.2) is 0 Å². The van der Waals surface area contributed by atoms with Crippen molar-refractivity contribution in [3.8, 4) is 0 Å². The van der Waals surface area contributed by atoms with Crippen LogP contribution in [0.5, 0.6) is 0 Å². The van der Waals surface area contributed by atoms with E-state index >= 15 is 0 Å². The lowest BCUT2D eigenvalue weighted by atomic mass is 9.89. The largest absolute Gasteiger partial charge is 0.463 e. The Morgan fingerprint density at radius 1 is 0.615 bits per heavy atom. The highest BCUT2D eigenvalue weighted by molar-refractivity contribution is 5.69. The summed E-state index contributed by atoms with van der Waals surface area (Å²) in [6.45, 7) is 4.02. The quantitative estimate of drug-likeness (QED) is 0.0287. The zero-order chi connectivity index (χ0) is 38.1. The summed E-state index contributed by atoms with van der Waals surface area (Å²) in [7, 11) is 0. The molecule has 8 heteroatoms. The van der Waals surface area contributed by atoms with Gasteiger partial charge < -0.3 is 29.9 Å². The van der Waals surface area contributed by atoms with Crippen molar-refractivity contribution in [1.82, 2.24) is 0 Å². The maximum absolute atomic E-state index is 12.1. The topological polar surface area (TPSA) is 134 Å². The second-order valence-corrected chi connectivity index (χ2v) is 15.4. The summed E-state index contributed by atoms with van der Waals surface area (Å²) in [5.41, 5.74) is 0. The molecule has 1 saturated carbocycles. The number of rotatable bonds is 35. The lowest BCUT2D eigenvalue weighted by Crippen LogP contribution is -2.25. The number of aliphatic hydroxyl groups excluding tert-OH is 4. The number of allylic oxidation sites excluding steroid dienone is 2. The van der Waals surface area contributed by atoms with Gasteiger partial charge in [-0.3, -0.25) is 9.59 Å². The molecule has 1 rings (SSSR count). The summed E-state index contributed by atoms with van der Waals surface area (Å²) in [5, 5.41) is 41.2. The fourth-order valence-electron chi connectivity index (χ4n) is 7.14. The van der Waals surface area contributed by atoms with Gasteiger partial charge in [0, 0.05) is 25.2 Å². The van der Waals surface area contributed by atoms with Crippen LogP contribution in [0, 0.1) is 11.8 Å². The zero-order valence-electron chi connectivity index (χ0n) is 33.4. The molecule has 0 bridgehead atoms. The van der Waals surface area contributed by atoms with Crippen molar-refractivity contribution in [2.45, 2.75) is 218 Å². The van der Waals surface area contributed by atoms with Crippen molar-refractivity contribution in [1.29, 1.82) is 0 Å². The van der Waals surface area contributed by atoms with Crippen LogP contribution in [-0.2, 0) is 19.1 Å². The Morgan fingerprint density at radius 3 is 1.60 bits per heavy atom. The fourth-order valence-corrected chi connectivity index (χ4v) is 7.14. The zero-order valence-corrected chi connectivity index (χ0v) is 33.4. The Bertz CT molecular complexity index is 905. The summed E-state index contributed by atoms with van der Waals surface area (Å²) in [6, 6.07) is 0. The van der Waals surface area contributed by atoms with Crippen molar-refractivity contribution < 1.29 is 39.5 Å². The molecule has 0 heterocycles. The molecular weight excluding hydrogens is 656 g/mol. The summed E-state index contributed by atoms with van der Waals surface area (Å²) in [4.78, 5) is 24.1. The molecule has 1 aliphatic rings. The summed E-state index contributed by atoms with van der Waals surface area (Å²) in [5.74, 6) is -1.05. The minimum Gasteiger partial charge on any atom is -0.463 e. The average molecular weight is 737 g/mol. The number of ether oxygens (including phenoxy) is 2. The van der Waals surface area contributed by atoms with Gasteiger partial charge >= 0.3 is 11.9 Å². The van der Waals surface area contributed by atoms with E-state index in [1.807, 2.05) is 18.2 Å². The number of aliphatic hydroxyl groups is 4. The van der Waals surface area contributed by atoms with E-state index in [1.165, 1.54) is 96.3 Å². The highest BCUT2D eigenvalue weighted by Gasteiger charge is 2.39. The van der Waals surface area contributed by atoms with Gasteiger partial charge in [0.2, 0.25) is 0 Å². The van der Waals surface area contributed by atoms with E-state index in [4.69, 9.17) is 9.47 Å². The molecule has 304 valence electrons. The fraction of sp³-hybridized carbons (Fsp3) is 0.864. The van der Waals surface area contributed by atoms with Gasteiger partial charge in [0.05, 0.1) is 18.3 Å². The van der Waals surface area contributed by atoms with Gasteiger partial charge in [0.1, 0.15) is 19.3 Å². The second-order valence-electron chi connectivity index (χ2n) is 15.4. The van der Waals surface area contributed by atoms with E-state index < -0.39 is 30.4 Å². The third-order valence-electron chi connectivity index (χ3n) is 10.5. The van der Waals surface area contributed by atoms with Crippen LogP contribution in [-0.4, -0.2) is 70.0 Å². The van der Waals surface area contributed by atoms with Crippen molar-refractivity contribution in [3.63, 3.8) is 0 Å². The molecular formula is C44H80O8. The van der Waals surface area contributed by atoms with Crippen molar-refractivity contribution in [2.75, 3.05) is 13.2 Å². The summed E-state index contributed by atoms with van der Waals surface area (Å²) in [6.07, 6.45) is 34.8. The van der Waals surface area contributed by atoms with E-state index in [9.17, 15) is 30.0 Å². The molecule has 0 aromatic heterocycles. The van der Waals surface area contributed by atoms with E-state index in [-0.39, 0.29) is 37.4 Å². The number of carbonyl (C=O) groups excluding carboxylic acids is 2. The minimum atomic E-state index is -1.04. The maximum Gasteiger partial charge on any atom is 0.305 e. The van der Waals surface area contributed by atoms with Crippen molar-refractivity contribution in [2.24, 2.45) is 11.8 Å². The molecule has 0 saturated heterocycles. The van der Waals surface area contributed by atoms with Crippen LogP contribution in [0.4, 0.5) is 0 Å². The normalized spacial score (nSPS) is 20.2. The van der Waals surface area contributed by atoms with Crippen LogP contribution < -0.4 is 0 Å². The van der Waals surface area contributed by atoms with E-state index in [1.54, 1.807) is 6.08 Å². The van der Waals surface area contributed by atoms with Gasteiger partial charge in [-0.05, 0) is 38.0 Å². The Morgan fingerprint density at radius 2 is 1.08 bits per heavy atom. The number of carbonyl (C=O) groups is 2. The Hall–Kier alpha value is -1.74. The number of hydrogen-bond acceptors (Lipinski definition) is 8. The summed E-state index contributed by atoms with van der Waals surface area (Å²) < 4.78 is 10.3. The lowest BCUT2D eigenvalue weighted by Gasteiger charge is -2.19. The predicted molar refractivity (Wildman–Crippen MR) is 212 cm³/mol. The average Bonchev–Trinajstić information content (AvgIpc) is 3.40. The minimum absolute atomic E-state index is 0.116. The molecule has 52 heavy (non-hydrogen) atoms. The molecule has 6 atom stereocenters. The van der Waals surface area contributed by atoms with Gasteiger partial charge in [-0.25, -0.2) is 0 Å².